The highest BCUT2D eigenvalue weighted by Gasteiger charge is 2.62. The topological polar surface area (TPSA) is 42.7 Å². The van der Waals surface area contributed by atoms with E-state index in [1.165, 1.54) is 0 Å². The van der Waals surface area contributed by atoms with Gasteiger partial charge in [-0.1, -0.05) is 0 Å². The summed E-state index contributed by atoms with van der Waals surface area (Å²) in [4.78, 5) is 4.26. The summed E-state index contributed by atoms with van der Waals surface area (Å²) in [6.45, 7) is 2.02. The minimum atomic E-state index is -4.19. The molecular formula is C13H15F3N4. The van der Waals surface area contributed by atoms with E-state index >= 15 is 0 Å². The van der Waals surface area contributed by atoms with Gasteiger partial charge in [-0.2, -0.15) is 18.3 Å². The van der Waals surface area contributed by atoms with E-state index in [0.29, 0.717) is 0 Å². The summed E-state index contributed by atoms with van der Waals surface area (Å²) in [6, 6.07) is 1.85. The number of fused-ring (bicyclic) bond motifs is 1. The third-order valence-electron chi connectivity index (χ3n) is 3.84. The molecule has 20 heavy (non-hydrogen) atoms. The van der Waals surface area contributed by atoms with Gasteiger partial charge < -0.3 is 0 Å². The molecule has 108 valence electrons. The lowest BCUT2D eigenvalue weighted by Gasteiger charge is -2.20. The van der Waals surface area contributed by atoms with Crippen molar-refractivity contribution < 1.29 is 13.2 Å². The summed E-state index contributed by atoms with van der Waals surface area (Å²) >= 11 is 0. The molecule has 0 unspecified atom stereocenters. The predicted molar refractivity (Wildman–Crippen MR) is 68.1 cm³/mol. The van der Waals surface area contributed by atoms with Crippen LogP contribution < -0.4 is 5.32 Å². The first-order chi connectivity index (χ1) is 9.32. The second kappa shape index (κ2) is 4.18. The number of aromatic nitrogens is 3. The van der Waals surface area contributed by atoms with Crippen molar-refractivity contribution in [1.82, 2.24) is 20.1 Å². The minimum absolute atomic E-state index is 0.151. The second-order valence-electron chi connectivity index (χ2n) is 5.36. The maximum atomic E-state index is 12.8. The Morgan fingerprint density at radius 3 is 2.70 bits per heavy atom. The average Bonchev–Trinajstić information content (AvgIpc) is 3.11. The fourth-order valence-electron chi connectivity index (χ4n) is 2.40. The summed E-state index contributed by atoms with van der Waals surface area (Å²) in [5, 5.41) is 7.75. The molecule has 1 N–H and O–H groups in total. The molecule has 0 amide bonds. The molecule has 2 aromatic rings. The van der Waals surface area contributed by atoms with Crippen molar-refractivity contribution in [2.75, 3.05) is 0 Å². The summed E-state index contributed by atoms with van der Waals surface area (Å²) in [5.41, 5.74) is 0.618. The molecule has 0 radical (unpaired) electrons. The maximum absolute atomic E-state index is 12.8. The smallest absolute Gasteiger partial charge is 0.299 e. The van der Waals surface area contributed by atoms with Crippen LogP contribution >= 0.6 is 0 Å². The van der Waals surface area contributed by atoms with E-state index < -0.39 is 11.7 Å². The lowest BCUT2D eigenvalue weighted by atomic mass is 10.2. The van der Waals surface area contributed by atoms with Crippen LogP contribution in [0.2, 0.25) is 0 Å². The van der Waals surface area contributed by atoms with Crippen molar-refractivity contribution in [3.63, 3.8) is 0 Å². The average molecular weight is 284 g/mol. The van der Waals surface area contributed by atoms with E-state index in [-0.39, 0.29) is 19.4 Å². The van der Waals surface area contributed by atoms with Crippen molar-refractivity contribution in [3.05, 3.63) is 23.5 Å². The molecule has 7 heteroatoms. The molecule has 1 aliphatic rings. The molecule has 2 heterocycles. The SMILES string of the molecule is Cc1nn(C)c2ncc(CNC3(C(F)(F)F)CC3)cc12. The van der Waals surface area contributed by atoms with Gasteiger partial charge >= 0.3 is 6.18 Å². The van der Waals surface area contributed by atoms with Gasteiger partial charge in [0, 0.05) is 25.2 Å². The van der Waals surface area contributed by atoms with Gasteiger partial charge in [0.25, 0.3) is 0 Å². The van der Waals surface area contributed by atoms with Gasteiger partial charge in [-0.15, -0.1) is 0 Å². The van der Waals surface area contributed by atoms with E-state index in [1.807, 2.05) is 13.0 Å². The van der Waals surface area contributed by atoms with Crippen LogP contribution in [0.25, 0.3) is 11.0 Å². The summed E-state index contributed by atoms with van der Waals surface area (Å²) in [6.07, 6.45) is -2.28. The lowest BCUT2D eigenvalue weighted by molar-refractivity contribution is -0.166. The van der Waals surface area contributed by atoms with Crippen LogP contribution in [0.15, 0.2) is 12.3 Å². The first kappa shape index (κ1) is 13.4. The number of halogens is 3. The van der Waals surface area contributed by atoms with E-state index in [0.717, 1.165) is 22.3 Å². The number of hydrogen-bond acceptors (Lipinski definition) is 3. The molecule has 1 aliphatic carbocycles. The molecule has 0 aliphatic heterocycles. The standard InChI is InChI=1S/C13H15F3N4/c1-8-10-5-9(6-17-11(10)20(2)19-8)7-18-12(3-4-12)13(14,15)16/h5-6,18H,3-4,7H2,1-2H3. The van der Waals surface area contributed by atoms with E-state index in [2.05, 4.69) is 15.4 Å². The largest absolute Gasteiger partial charge is 0.406 e. The van der Waals surface area contributed by atoms with Gasteiger partial charge in [0.1, 0.15) is 5.54 Å². The molecule has 3 rings (SSSR count). The minimum Gasteiger partial charge on any atom is -0.299 e. The zero-order valence-corrected chi connectivity index (χ0v) is 11.3. The van der Waals surface area contributed by atoms with Crippen LogP contribution in [-0.4, -0.2) is 26.5 Å². The van der Waals surface area contributed by atoms with Crippen LogP contribution in [-0.2, 0) is 13.6 Å². The number of rotatable bonds is 3. The third kappa shape index (κ3) is 2.06. The molecule has 2 aromatic heterocycles. The zero-order chi connectivity index (χ0) is 14.5. The van der Waals surface area contributed by atoms with E-state index in [4.69, 9.17) is 0 Å². The predicted octanol–water partition coefficient (Wildman–Crippen LogP) is 2.46. The highest BCUT2D eigenvalue weighted by molar-refractivity contribution is 5.78. The summed E-state index contributed by atoms with van der Waals surface area (Å²) < 4.78 is 40.1. The molecule has 0 bridgehead atoms. The summed E-state index contributed by atoms with van der Waals surface area (Å²) in [5.74, 6) is 0. The van der Waals surface area contributed by atoms with Crippen LogP contribution in [0.5, 0.6) is 0 Å². The second-order valence-corrected chi connectivity index (χ2v) is 5.36. The summed E-state index contributed by atoms with van der Waals surface area (Å²) in [7, 11) is 1.79. The van der Waals surface area contributed by atoms with Gasteiger partial charge in [0.05, 0.1) is 5.69 Å². The Labute approximate surface area is 114 Å². The normalized spacial score (nSPS) is 17.6. The Hall–Kier alpha value is -1.63. The molecule has 0 spiro atoms. The number of alkyl halides is 3. The molecular weight excluding hydrogens is 269 g/mol. The Kier molecular flexibility index (Phi) is 2.79. The number of aryl methyl sites for hydroxylation is 2. The van der Waals surface area contributed by atoms with Crippen LogP contribution in [0, 0.1) is 6.92 Å². The van der Waals surface area contributed by atoms with Crippen molar-refractivity contribution in [2.24, 2.45) is 7.05 Å². The van der Waals surface area contributed by atoms with Crippen molar-refractivity contribution in [1.29, 1.82) is 0 Å². The Balaban J connectivity index is 1.80. The van der Waals surface area contributed by atoms with E-state index in [1.54, 1.807) is 17.9 Å². The highest BCUT2D eigenvalue weighted by Crippen LogP contribution is 2.49. The quantitative estimate of drug-likeness (QED) is 0.941. The van der Waals surface area contributed by atoms with Gasteiger partial charge in [-0.05, 0) is 31.4 Å². The van der Waals surface area contributed by atoms with Crippen LogP contribution in [0.1, 0.15) is 24.1 Å². The van der Waals surface area contributed by atoms with Gasteiger partial charge in [0.15, 0.2) is 5.65 Å². The van der Waals surface area contributed by atoms with Crippen molar-refractivity contribution in [2.45, 2.75) is 38.0 Å². The highest BCUT2D eigenvalue weighted by atomic mass is 19.4. The molecule has 0 saturated heterocycles. The molecule has 4 nitrogen and oxygen atoms in total. The van der Waals surface area contributed by atoms with Crippen LogP contribution in [0.3, 0.4) is 0 Å². The molecule has 0 atom stereocenters. The van der Waals surface area contributed by atoms with Gasteiger partial charge in [0.2, 0.25) is 0 Å². The fourth-order valence-corrected chi connectivity index (χ4v) is 2.40. The molecule has 1 saturated carbocycles. The number of nitrogens with one attached hydrogen (secondary N) is 1. The zero-order valence-electron chi connectivity index (χ0n) is 11.3. The van der Waals surface area contributed by atoms with Crippen molar-refractivity contribution in [3.8, 4) is 0 Å². The first-order valence-corrected chi connectivity index (χ1v) is 6.42. The van der Waals surface area contributed by atoms with Gasteiger partial charge in [-0.3, -0.25) is 10.00 Å². The number of hydrogen-bond donors (Lipinski definition) is 1. The monoisotopic (exact) mass is 284 g/mol. The third-order valence-corrected chi connectivity index (χ3v) is 3.84. The Bertz CT molecular complexity index is 655. The van der Waals surface area contributed by atoms with Gasteiger partial charge in [-0.25, -0.2) is 4.98 Å². The number of pyridine rings is 1. The molecule has 1 fully saturated rings. The Morgan fingerprint density at radius 1 is 1.40 bits per heavy atom. The van der Waals surface area contributed by atoms with Crippen LogP contribution in [0.4, 0.5) is 13.2 Å². The number of nitrogens with zero attached hydrogens (tertiary/aromatic N) is 3. The lowest BCUT2D eigenvalue weighted by Crippen LogP contribution is -2.44. The molecule has 0 aromatic carbocycles. The van der Waals surface area contributed by atoms with E-state index in [9.17, 15) is 13.2 Å². The van der Waals surface area contributed by atoms with Crippen molar-refractivity contribution >= 4 is 11.0 Å². The maximum Gasteiger partial charge on any atom is 0.406 e. The Morgan fingerprint density at radius 2 is 2.10 bits per heavy atom. The fraction of sp³-hybridized carbons (Fsp3) is 0.538. The first-order valence-electron chi connectivity index (χ1n) is 6.42.